The molecule has 4 nitrogen and oxygen atoms in total. The van der Waals surface area contributed by atoms with Crippen LogP contribution in [0.1, 0.15) is 21.4 Å². The van der Waals surface area contributed by atoms with E-state index in [1.807, 2.05) is 57.2 Å². The number of benzene rings is 1. The van der Waals surface area contributed by atoms with Gasteiger partial charge in [-0.1, -0.05) is 36.4 Å². The summed E-state index contributed by atoms with van der Waals surface area (Å²) in [4.78, 5) is 5.38. The third-order valence-electron chi connectivity index (χ3n) is 5.27. The van der Waals surface area contributed by atoms with Crippen molar-refractivity contribution in [1.29, 1.82) is 0 Å². The van der Waals surface area contributed by atoms with E-state index in [0.717, 1.165) is 29.1 Å². The summed E-state index contributed by atoms with van der Waals surface area (Å²) in [6, 6.07) is 17.2. The number of nitrogens with zero attached hydrogens (tertiary/aromatic N) is 4. The summed E-state index contributed by atoms with van der Waals surface area (Å²) in [5.74, 6) is 0.909. The van der Waals surface area contributed by atoms with Crippen LogP contribution in [0.3, 0.4) is 0 Å². The molecule has 0 spiro atoms. The van der Waals surface area contributed by atoms with Crippen LogP contribution in [0.15, 0.2) is 59.3 Å². The maximum Gasteiger partial charge on any atom is 0.199 e. The van der Waals surface area contributed by atoms with Crippen LogP contribution in [0.25, 0.3) is 11.4 Å². The minimum absolute atomic E-state index is 0.277. The number of rotatable bonds is 4. The van der Waals surface area contributed by atoms with E-state index in [4.69, 9.17) is 17.3 Å². The topological polar surface area (TPSA) is 26.0 Å². The van der Waals surface area contributed by atoms with E-state index in [0.29, 0.717) is 6.67 Å². The third kappa shape index (κ3) is 3.08. The average molecular weight is 425 g/mol. The van der Waals surface area contributed by atoms with E-state index >= 15 is 0 Å². The fourth-order valence-electron chi connectivity index (χ4n) is 3.89. The van der Waals surface area contributed by atoms with Crippen molar-refractivity contribution in [3.05, 3.63) is 79.4 Å². The van der Waals surface area contributed by atoms with E-state index in [-0.39, 0.29) is 6.04 Å². The lowest BCUT2D eigenvalue weighted by atomic mass is 9.99. The van der Waals surface area contributed by atoms with Gasteiger partial charge in [0.05, 0.1) is 12.7 Å². The van der Waals surface area contributed by atoms with Crippen molar-refractivity contribution in [3.8, 4) is 11.4 Å². The summed E-state index contributed by atoms with van der Waals surface area (Å²) in [6.07, 6.45) is 1.08. The normalized spacial score (nSPS) is 17.0. The zero-order valence-corrected chi connectivity index (χ0v) is 17.9. The van der Waals surface area contributed by atoms with Crippen LogP contribution in [0.2, 0.25) is 0 Å². The van der Waals surface area contributed by atoms with Gasteiger partial charge in [0.25, 0.3) is 0 Å². The van der Waals surface area contributed by atoms with Gasteiger partial charge in [0.15, 0.2) is 10.6 Å². The van der Waals surface area contributed by atoms with Crippen LogP contribution < -0.4 is 0 Å². The number of hydrogen-bond donors (Lipinski definition) is 0. The first-order chi connectivity index (χ1) is 13.7. The zero-order chi connectivity index (χ0) is 19.1. The van der Waals surface area contributed by atoms with Crippen LogP contribution >= 0.6 is 34.9 Å². The van der Waals surface area contributed by atoms with Crippen molar-refractivity contribution in [2.24, 2.45) is 7.05 Å². The van der Waals surface area contributed by atoms with E-state index in [2.05, 4.69) is 46.0 Å². The molecule has 1 aliphatic rings. The molecule has 142 valence electrons. The monoisotopic (exact) mass is 424 g/mol. The van der Waals surface area contributed by atoms with Crippen LogP contribution in [-0.2, 0) is 20.1 Å². The molecule has 1 unspecified atom stereocenters. The fourth-order valence-corrected chi connectivity index (χ4v) is 5.86. The van der Waals surface area contributed by atoms with Gasteiger partial charge in [0.1, 0.15) is 0 Å². The van der Waals surface area contributed by atoms with Gasteiger partial charge in [-0.05, 0) is 47.1 Å². The molecule has 3 aromatic heterocycles. The predicted octanol–water partition coefficient (Wildman–Crippen LogP) is 5.35. The summed E-state index contributed by atoms with van der Waals surface area (Å²) < 4.78 is 4.72. The molecular weight excluding hydrogens is 404 g/mol. The number of fused-ring (bicyclic) bond motifs is 1. The Morgan fingerprint density at radius 1 is 1.07 bits per heavy atom. The molecule has 1 atom stereocenters. The lowest BCUT2D eigenvalue weighted by molar-refractivity contribution is 0.158. The molecule has 1 aliphatic heterocycles. The second-order valence-electron chi connectivity index (χ2n) is 6.95. The van der Waals surface area contributed by atoms with E-state index < -0.39 is 0 Å². The lowest BCUT2D eigenvalue weighted by Crippen LogP contribution is -2.36. The van der Waals surface area contributed by atoms with Crippen molar-refractivity contribution in [2.45, 2.75) is 19.1 Å². The molecule has 0 N–H and O–H groups in total. The highest BCUT2D eigenvalue weighted by molar-refractivity contribution is 7.71. The highest BCUT2D eigenvalue weighted by atomic mass is 32.1. The number of thiophene rings is 2. The van der Waals surface area contributed by atoms with Crippen LogP contribution in [0.5, 0.6) is 0 Å². The molecule has 4 heterocycles. The zero-order valence-electron chi connectivity index (χ0n) is 15.5. The molecule has 7 heteroatoms. The van der Waals surface area contributed by atoms with Gasteiger partial charge in [-0.3, -0.25) is 4.90 Å². The maximum atomic E-state index is 5.72. The largest absolute Gasteiger partial charge is 0.303 e. The quantitative estimate of drug-likeness (QED) is 0.413. The second-order valence-corrected chi connectivity index (χ2v) is 9.30. The van der Waals surface area contributed by atoms with Gasteiger partial charge in [-0.15, -0.1) is 22.7 Å². The SMILES string of the molecule is Cn1c(-c2ccccc2)nn(CN2CCc3sccc3C2c2cccs2)c1=S. The molecule has 28 heavy (non-hydrogen) atoms. The molecule has 0 bridgehead atoms. The molecule has 0 amide bonds. The van der Waals surface area contributed by atoms with Crippen molar-refractivity contribution >= 4 is 34.9 Å². The molecule has 4 aromatic rings. The van der Waals surface area contributed by atoms with Crippen molar-refractivity contribution in [1.82, 2.24) is 19.2 Å². The van der Waals surface area contributed by atoms with E-state index in [1.54, 1.807) is 0 Å². The first kappa shape index (κ1) is 18.0. The summed E-state index contributed by atoms with van der Waals surface area (Å²) in [7, 11) is 2.00. The highest BCUT2D eigenvalue weighted by Gasteiger charge is 2.31. The highest BCUT2D eigenvalue weighted by Crippen LogP contribution is 2.39. The Kier molecular flexibility index (Phi) is 4.76. The van der Waals surface area contributed by atoms with Gasteiger partial charge in [0, 0.05) is 28.9 Å². The van der Waals surface area contributed by atoms with E-state index in [9.17, 15) is 0 Å². The summed E-state index contributed by atoms with van der Waals surface area (Å²) in [6.45, 7) is 1.70. The minimum atomic E-state index is 0.277. The summed E-state index contributed by atoms with van der Waals surface area (Å²) in [5.41, 5.74) is 2.52. The van der Waals surface area contributed by atoms with Crippen LogP contribution in [0, 0.1) is 4.77 Å². The van der Waals surface area contributed by atoms with Gasteiger partial charge in [-0.2, -0.15) is 5.10 Å². The van der Waals surface area contributed by atoms with Crippen molar-refractivity contribution in [3.63, 3.8) is 0 Å². The Hall–Kier alpha value is -2.06. The first-order valence-corrected chi connectivity index (χ1v) is 11.4. The van der Waals surface area contributed by atoms with Gasteiger partial charge >= 0.3 is 0 Å². The Balaban J connectivity index is 1.52. The number of hydrogen-bond acceptors (Lipinski definition) is 5. The molecule has 0 radical (unpaired) electrons. The minimum Gasteiger partial charge on any atom is -0.303 e. The molecule has 5 rings (SSSR count). The molecule has 0 fully saturated rings. The van der Waals surface area contributed by atoms with Crippen molar-refractivity contribution in [2.75, 3.05) is 6.54 Å². The lowest BCUT2D eigenvalue weighted by Gasteiger charge is -2.35. The van der Waals surface area contributed by atoms with Gasteiger partial charge in [-0.25, -0.2) is 4.68 Å². The Bertz CT molecular complexity index is 1140. The summed E-state index contributed by atoms with van der Waals surface area (Å²) in [5, 5.41) is 9.25. The average Bonchev–Trinajstić information content (AvgIpc) is 3.46. The Labute approximate surface area is 177 Å². The van der Waals surface area contributed by atoms with E-state index in [1.165, 1.54) is 15.3 Å². The molecule has 0 aliphatic carbocycles. The molecule has 1 aromatic carbocycles. The fraction of sp³-hybridized carbons (Fsp3) is 0.238. The first-order valence-electron chi connectivity index (χ1n) is 9.25. The van der Waals surface area contributed by atoms with Crippen molar-refractivity contribution < 1.29 is 0 Å². The third-order valence-corrected chi connectivity index (χ3v) is 7.67. The summed E-state index contributed by atoms with van der Waals surface area (Å²) >= 11 is 9.42. The van der Waals surface area contributed by atoms with Crippen LogP contribution in [-0.4, -0.2) is 25.8 Å². The second kappa shape index (κ2) is 7.40. The van der Waals surface area contributed by atoms with Gasteiger partial charge < -0.3 is 4.57 Å². The smallest absolute Gasteiger partial charge is 0.199 e. The molecule has 0 saturated carbocycles. The molecular formula is C21H20N4S3. The predicted molar refractivity (Wildman–Crippen MR) is 118 cm³/mol. The Morgan fingerprint density at radius 3 is 2.71 bits per heavy atom. The van der Waals surface area contributed by atoms with Crippen LogP contribution in [0.4, 0.5) is 0 Å². The Morgan fingerprint density at radius 2 is 1.93 bits per heavy atom. The van der Waals surface area contributed by atoms with Gasteiger partial charge in [0.2, 0.25) is 0 Å². The number of aromatic nitrogens is 3. The standard InChI is InChI=1S/C21H20N4S3/c1-23-20(15-6-3-2-4-7-15)22-25(21(23)26)14-24-11-9-17-16(10-13-28-17)19(24)18-8-5-12-27-18/h2-8,10,12-13,19H,9,11,14H2,1H3. The molecule has 0 saturated heterocycles. The maximum absolute atomic E-state index is 5.72.